The first-order valence-corrected chi connectivity index (χ1v) is 5.98. The largest absolute Gasteiger partial charge is 0.508 e. The Hall–Kier alpha value is -1.23. The molecule has 0 aliphatic rings. The Balaban J connectivity index is 2.54. The van der Waals surface area contributed by atoms with Gasteiger partial charge in [0.05, 0.1) is 0 Å². The number of aromatic hydroxyl groups is 1. The predicted molar refractivity (Wildman–Crippen MR) is 64.6 cm³/mol. The maximum atomic E-state index is 12.2. The molecule has 1 rings (SSSR count). The lowest BCUT2D eigenvalue weighted by Crippen LogP contribution is -2.32. The monoisotopic (exact) mass is 261 g/mol. The summed E-state index contributed by atoms with van der Waals surface area (Å²) in [5.74, 6) is 0.161. The highest BCUT2D eigenvalue weighted by Crippen LogP contribution is 2.23. The molecule has 0 aliphatic heterocycles. The van der Waals surface area contributed by atoms with E-state index < -0.39 is 12.6 Å². The van der Waals surface area contributed by atoms with Crippen LogP contribution < -0.4 is 5.32 Å². The number of phenolic OH excluding ortho intramolecular Hbond substituents is 1. The third-order valence-electron chi connectivity index (χ3n) is 2.69. The van der Waals surface area contributed by atoms with Gasteiger partial charge in [0.1, 0.15) is 5.75 Å². The van der Waals surface area contributed by atoms with Crippen molar-refractivity contribution < 1.29 is 18.3 Å². The number of hydrogen-bond acceptors (Lipinski definition) is 2. The van der Waals surface area contributed by atoms with Crippen molar-refractivity contribution >= 4 is 0 Å². The van der Waals surface area contributed by atoms with Gasteiger partial charge in [-0.25, -0.2) is 0 Å². The van der Waals surface area contributed by atoms with E-state index in [1.165, 1.54) is 0 Å². The highest BCUT2D eigenvalue weighted by atomic mass is 19.4. The highest BCUT2D eigenvalue weighted by molar-refractivity contribution is 5.26. The van der Waals surface area contributed by atoms with Crippen molar-refractivity contribution in [3.05, 3.63) is 29.8 Å². The molecule has 0 amide bonds. The summed E-state index contributed by atoms with van der Waals surface area (Å²) in [6.07, 6.45) is -4.28. The molecule has 0 radical (unpaired) electrons. The lowest BCUT2D eigenvalue weighted by atomic mass is 10.0. The van der Waals surface area contributed by atoms with Gasteiger partial charge in [-0.15, -0.1) is 0 Å². The topological polar surface area (TPSA) is 32.3 Å². The van der Waals surface area contributed by atoms with Gasteiger partial charge in [0, 0.05) is 12.5 Å². The molecule has 2 nitrogen and oxygen atoms in total. The third kappa shape index (κ3) is 5.91. The molecule has 0 heterocycles. The predicted octanol–water partition coefficient (Wildman–Crippen LogP) is 3.26. The van der Waals surface area contributed by atoms with Gasteiger partial charge in [0.15, 0.2) is 0 Å². The van der Waals surface area contributed by atoms with Gasteiger partial charge < -0.3 is 10.4 Å². The molecular weight excluding hydrogens is 243 g/mol. The molecule has 0 saturated carbocycles. The van der Waals surface area contributed by atoms with Gasteiger partial charge in [0.25, 0.3) is 0 Å². The number of likely N-dealkylation sites (N-methyl/N-ethyl adjacent to an activating group) is 1. The SMILES string of the molecule is CCNC(CCC(F)(F)F)Cc1ccc(O)cc1. The van der Waals surface area contributed by atoms with E-state index in [1.807, 2.05) is 6.92 Å². The van der Waals surface area contributed by atoms with Gasteiger partial charge >= 0.3 is 6.18 Å². The summed E-state index contributed by atoms with van der Waals surface area (Å²) in [6.45, 7) is 2.51. The minimum atomic E-state index is -4.11. The summed E-state index contributed by atoms with van der Waals surface area (Å²) in [4.78, 5) is 0. The van der Waals surface area contributed by atoms with Crippen LogP contribution in [0.15, 0.2) is 24.3 Å². The number of hydrogen-bond donors (Lipinski definition) is 2. The van der Waals surface area contributed by atoms with Crippen LogP contribution in [0.4, 0.5) is 13.2 Å². The second-order valence-corrected chi connectivity index (χ2v) is 4.28. The Morgan fingerprint density at radius 3 is 2.33 bits per heavy atom. The van der Waals surface area contributed by atoms with E-state index in [4.69, 9.17) is 5.11 Å². The number of alkyl halides is 3. The molecule has 0 aliphatic carbocycles. The van der Waals surface area contributed by atoms with E-state index in [-0.39, 0.29) is 18.2 Å². The van der Waals surface area contributed by atoms with Gasteiger partial charge in [-0.05, 0) is 37.1 Å². The van der Waals surface area contributed by atoms with Crippen molar-refractivity contribution in [2.45, 2.75) is 38.4 Å². The molecule has 0 bridgehead atoms. The third-order valence-corrected chi connectivity index (χ3v) is 2.69. The quantitative estimate of drug-likeness (QED) is 0.823. The fourth-order valence-corrected chi connectivity index (χ4v) is 1.82. The zero-order valence-corrected chi connectivity index (χ0v) is 10.3. The Morgan fingerprint density at radius 2 is 1.83 bits per heavy atom. The summed E-state index contributed by atoms with van der Waals surface area (Å²) in [5, 5.41) is 12.2. The average molecular weight is 261 g/mol. The van der Waals surface area contributed by atoms with Crippen LogP contribution in [0.3, 0.4) is 0 Å². The summed E-state index contributed by atoms with van der Waals surface area (Å²) in [6, 6.07) is 6.35. The number of benzene rings is 1. The van der Waals surface area contributed by atoms with Crippen LogP contribution in [0.25, 0.3) is 0 Å². The molecule has 0 spiro atoms. The first-order valence-electron chi connectivity index (χ1n) is 5.98. The zero-order chi connectivity index (χ0) is 13.6. The van der Waals surface area contributed by atoms with E-state index in [9.17, 15) is 13.2 Å². The maximum absolute atomic E-state index is 12.2. The van der Waals surface area contributed by atoms with E-state index in [2.05, 4.69) is 5.32 Å². The summed E-state index contributed by atoms with van der Waals surface area (Å²) >= 11 is 0. The Morgan fingerprint density at radius 1 is 1.22 bits per heavy atom. The molecular formula is C13H18F3NO. The maximum Gasteiger partial charge on any atom is 0.389 e. The molecule has 18 heavy (non-hydrogen) atoms. The summed E-state index contributed by atoms with van der Waals surface area (Å²) < 4.78 is 36.6. The van der Waals surface area contributed by atoms with Gasteiger partial charge in [-0.2, -0.15) is 13.2 Å². The molecule has 0 aromatic heterocycles. The Kier molecular flexibility index (Phi) is 5.47. The second kappa shape index (κ2) is 6.64. The summed E-state index contributed by atoms with van der Waals surface area (Å²) in [5.41, 5.74) is 0.918. The average Bonchev–Trinajstić information content (AvgIpc) is 2.28. The highest BCUT2D eigenvalue weighted by Gasteiger charge is 2.28. The van der Waals surface area contributed by atoms with Crippen molar-refractivity contribution in [3.8, 4) is 5.75 Å². The standard InChI is InChI=1S/C13H18F3NO/c1-2-17-11(7-8-13(14,15)16)9-10-3-5-12(18)6-4-10/h3-6,11,17-18H,2,7-9H2,1H3. The molecule has 5 heteroatoms. The lowest BCUT2D eigenvalue weighted by molar-refractivity contribution is -0.136. The van der Waals surface area contributed by atoms with Gasteiger partial charge in [-0.3, -0.25) is 0 Å². The van der Waals surface area contributed by atoms with Crippen LogP contribution in [0.2, 0.25) is 0 Å². The molecule has 0 saturated heterocycles. The summed E-state index contributed by atoms with van der Waals surface area (Å²) in [7, 11) is 0. The fraction of sp³-hybridized carbons (Fsp3) is 0.538. The molecule has 1 unspecified atom stereocenters. The lowest BCUT2D eigenvalue weighted by Gasteiger charge is -2.18. The van der Waals surface area contributed by atoms with Crippen LogP contribution in [0, 0.1) is 0 Å². The molecule has 1 atom stereocenters. The van der Waals surface area contributed by atoms with Crippen LogP contribution >= 0.6 is 0 Å². The molecule has 1 aromatic carbocycles. The normalized spacial score (nSPS) is 13.6. The van der Waals surface area contributed by atoms with E-state index in [0.29, 0.717) is 13.0 Å². The molecule has 1 aromatic rings. The van der Waals surface area contributed by atoms with Gasteiger partial charge in [0.2, 0.25) is 0 Å². The van der Waals surface area contributed by atoms with Crippen molar-refractivity contribution in [1.82, 2.24) is 5.32 Å². The van der Waals surface area contributed by atoms with Crippen molar-refractivity contribution in [1.29, 1.82) is 0 Å². The van der Waals surface area contributed by atoms with E-state index >= 15 is 0 Å². The first kappa shape index (κ1) is 14.8. The zero-order valence-electron chi connectivity index (χ0n) is 10.3. The van der Waals surface area contributed by atoms with Crippen molar-refractivity contribution in [2.75, 3.05) is 6.54 Å². The first-order chi connectivity index (χ1) is 8.40. The number of phenols is 1. The van der Waals surface area contributed by atoms with Crippen molar-refractivity contribution in [2.24, 2.45) is 0 Å². The van der Waals surface area contributed by atoms with Gasteiger partial charge in [-0.1, -0.05) is 19.1 Å². The minimum absolute atomic E-state index is 0.0677. The molecule has 2 N–H and O–H groups in total. The van der Waals surface area contributed by atoms with Crippen molar-refractivity contribution in [3.63, 3.8) is 0 Å². The van der Waals surface area contributed by atoms with E-state index in [0.717, 1.165) is 5.56 Å². The number of rotatable bonds is 6. The van der Waals surface area contributed by atoms with Crippen LogP contribution in [-0.2, 0) is 6.42 Å². The molecule has 0 fully saturated rings. The molecule has 102 valence electrons. The number of halogens is 3. The Labute approximate surface area is 105 Å². The van der Waals surface area contributed by atoms with Crippen LogP contribution in [-0.4, -0.2) is 23.9 Å². The Bertz CT molecular complexity index is 348. The minimum Gasteiger partial charge on any atom is -0.508 e. The van der Waals surface area contributed by atoms with Crippen LogP contribution in [0.5, 0.6) is 5.75 Å². The fourth-order valence-electron chi connectivity index (χ4n) is 1.82. The van der Waals surface area contributed by atoms with E-state index in [1.54, 1.807) is 24.3 Å². The smallest absolute Gasteiger partial charge is 0.389 e. The second-order valence-electron chi connectivity index (χ2n) is 4.28. The number of nitrogens with one attached hydrogen (secondary N) is 1. The van der Waals surface area contributed by atoms with Crippen LogP contribution in [0.1, 0.15) is 25.3 Å².